The van der Waals surface area contributed by atoms with E-state index in [2.05, 4.69) is 0 Å². The molecule has 0 saturated carbocycles. The van der Waals surface area contributed by atoms with Crippen molar-refractivity contribution in [2.75, 3.05) is 32.9 Å². The van der Waals surface area contributed by atoms with Crippen LogP contribution in [0.25, 0.3) is 0 Å². The standard InChI is InChI=1S/C15H18N2O6S/c1-11(24-13-4-2-12(3-5-13)17(20)21)15(19)23-10-14(18)16-6-8-22-9-7-16/h2-5,11H,6-10H2,1H3/t11-/m0/s1. The molecule has 0 N–H and O–H groups in total. The van der Waals surface area contributed by atoms with Gasteiger partial charge < -0.3 is 14.4 Å². The highest BCUT2D eigenvalue weighted by Gasteiger charge is 2.21. The number of carbonyl (C=O) groups excluding carboxylic acids is 2. The van der Waals surface area contributed by atoms with E-state index in [-0.39, 0.29) is 18.2 Å². The van der Waals surface area contributed by atoms with E-state index >= 15 is 0 Å². The highest BCUT2D eigenvalue weighted by Crippen LogP contribution is 2.26. The Bertz CT molecular complexity index is 600. The summed E-state index contributed by atoms with van der Waals surface area (Å²) in [7, 11) is 0. The number of morpholine rings is 1. The van der Waals surface area contributed by atoms with E-state index < -0.39 is 16.1 Å². The maximum Gasteiger partial charge on any atom is 0.319 e. The third-order valence-electron chi connectivity index (χ3n) is 3.39. The van der Waals surface area contributed by atoms with Crippen molar-refractivity contribution < 1.29 is 24.0 Å². The van der Waals surface area contributed by atoms with Crippen LogP contribution in [0.5, 0.6) is 0 Å². The summed E-state index contributed by atoms with van der Waals surface area (Å²) in [6.07, 6.45) is 0. The van der Waals surface area contributed by atoms with Gasteiger partial charge in [-0.3, -0.25) is 19.7 Å². The van der Waals surface area contributed by atoms with Gasteiger partial charge in [0.15, 0.2) is 6.61 Å². The van der Waals surface area contributed by atoms with Crippen LogP contribution in [0.1, 0.15) is 6.92 Å². The Balaban J connectivity index is 1.79. The van der Waals surface area contributed by atoms with Crippen molar-refractivity contribution in [3.05, 3.63) is 34.4 Å². The lowest BCUT2D eigenvalue weighted by molar-refractivity contribution is -0.384. The fraction of sp³-hybridized carbons (Fsp3) is 0.467. The number of benzene rings is 1. The molecule has 1 atom stereocenters. The van der Waals surface area contributed by atoms with Gasteiger partial charge in [-0.1, -0.05) is 0 Å². The van der Waals surface area contributed by atoms with Crippen LogP contribution in [0.3, 0.4) is 0 Å². The summed E-state index contributed by atoms with van der Waals surface area (Å²) in [4.78, 5) is 36.3. The summed E-state index contributed by atoms with van der Waals surface area (Å²) in [5.41, 5.74) is -0.00862. The Morgan fingerprint density at radius 1 is 1.33 bits per heavy atom. The zero-order valence-electron chi connectivity index (χ0n) is 13.2. The van der Waals surface area contributed by atoms with Crippen molar-refractivity contribution in [2.24, 2.45) is 0 Å². The number of hydrogen-bond acceptors (Lipinski definition) is 7. The van der Waals surface area contributed by atoms with Gasteiger partial charge in [0.2, 0.25) is 0 Å². The summed E-state index contributed by atoms with van der Waals surface area (Å²) < 4.78 is 10.2. The quantitative estimate of drug-likeness (QED) is 0.330. The van der Waals surface area contributed by atoms with Crippen LogP contribution in [0.15, 0.2) is 29.2 Å². The average molecular weight is 354 g/mol. The molecule has 1 fully saturated rings. The zero-order valence-corrected chi connectivity index (χ0v) is 14.0. The van der Waals surface area contributed by atoms with Crippen LogP contribution in [0.4, 0.5) is 5.69 Å². The summed E-state index contributed by atoms with van der Waals surface area (Å²) in [6.45, 7) is 3.36. The minimum absolute atomic E-state index is 0.00862. The lowest BCUT2D eigenvalue weighted by Gasteiger charge is -2.26. The molecule has 1 saturated heterocycles. The number of thioether (sulfide) groups is 1. The van der Waals surface area contributed by atoms with Crippen molar-refractivity contribution in [1.82, 2.24) is 4.90 Å². The molecule has 0 radical (unpaired) electrons. The first-order chi connectivity index (χ1) is 11.5. The Labute approximate surface area is 143 Å². The molecule has 8 nitrogen and oxygen atoms in total. The highest BCUT2D eigenvalue weighted by atomic mass is 32.2. The molecular weight excluding hydrogens is 336 g/mol. The van der Waals surface area contributed by atoms with Crippen molar-refractivity contribution >= 4 is 29.3 Å². The normalized spacial score (nSPS) is 15.6. The molecule has 130 valence electrons. The largest absolute Gasteiger partial charge is 0.455 e. The molecule has 0 aliphatic carbocycles. The van der Waals surface area contributed by atoms with Crippen molar-refractivity contribution in [3.63, 3.8) is 0 Å². The number of carbonyl (C=O) groups is 2. The SMILES string of the molecule is C[C@H](Sc1ccc([N+](=O)[O-])cc1)C(=O)OCC(=O)N1CCOCC1. The van der Waals surface area contributed by atoms with Gasteiger partial charge >= 0.3 is 5.97 Å². The highest BCUT2D eigenvalue weighted by molar-refractivity contribution is 8.00. The van der Waals surface area contributed by atoms with E-state index in [4.69, 9.17) is 9.47 Å². The van der Waals surface area contributed by atoms with E-state index in [1.54, 1.807) is 24.0 Å². The fourth-order valence-corrected chi connectivity index (χ4v) is 2.92. The monoisotopic (exact) mass is 354 g/mol. The molecule has 1 aliphatic rings. The minimum Gasteiger partial charge on any atom is -0.455 e. The first kappa shape index (κ1) is 18.2. The molecule has 1 aromatic rings. The minimum atomic E-state index is -0.524. The zero-order chi connectivity index (χ0) is 17.5. The maximum absolute atomic E-state index is 12.0. The van der Waals surface area contributed by atoms with Gasteiger partial charge in [-0.15, -0.1) is 11.8 Å². The van der Waals surface area contributed by atoms with E-state index in [1.165, 1.54) is 23.9 Å². The molecule has 24 heavy (non-hydrogen) atoms. The smallest absolute Gasteiger partial charge is 0.319 e. The number of nitro benzene ring substituents is 1. The Hall–Kier alpha value is -2.13. The van der Waals surface area contributed by atoms with Gasteiger partial charge in [0, 0.05) is 30.1 Å². The summed E-state index contributed by atoms with van der Waals surface area (Å²) in [5.74, 6) is -0.737. The molecule has 0 unspecified atom stereocenters. The molecule has 0 aromatic heterocycles. The van der Waals surface area contributed by atoms with E-state index in [0.717, 1.165) is 0 Å². The predicted octanol–water partition coefficient (Wildman–Crippen LogP) is 1.48. The molecule has 2 rings (SSSR count). The van der Waals surface area contributed by atoms with Gasteiger partial charge in [0.05, 0.1) is 18.1 Å². The first-order valence-corrected chi connectivity index (χ1v) is 8.28. The van der Waals surface area contributed by atoms with Crippen molar-refractivity contribution in [2.45, 2.75) is 17.1 Å². The van der Waals surface area contributed by atoms with Crippen LogP contribution in [-0.4, -0.2) is 59.9 Å². The van der Waals surface area contributed by atoms with E-state index in [1.807, 2.05) is 0 Å². The number of rotatable bonds is 6. The maximum atomic E-state index is 12.0. The summed E-state index contributed by atoms with van der Waals surface area (Å²) in [6, 6.07) is 5.90. The first-order valence-electron chi connectivity index (χ1n) is 7.40. The fourth-order valence-electron chi connectivity index (χ4n) is 2.05. The Morgan fingerprint density at radius 3 is 2.54 bits per heavy atom. The topological polar surface area (TPSA) is 99.0 Å². The van der Waals surface area contributed by atoms with Crippen LogP contribution >= 0.6 is 11.8 Å². The van der Waals surface area contributed by atoms with E-state index in [9.17, 15) is 19.7 Å². The van der Waals surface area contributed by atoms with E-state index in [0.29, 0.717) is 31.2 Å². The molecule has 9 heteroatoms. The summed E-state index contributed by atoms with van der Waals surface area (Å²) in [5, 5.41) is 10.1. The van der Waals surface area contributed by atoms with Gasteiger partial charge in [-0.2, -0.15) is 0 Å². The number of ether oxygens (including phenoxy) is 2. The molecule has 1 aromatic carbocycles. The molecule has 1 heterocycles. The molecular formula is C15H18N2O6S. The second kappa shape index (κ2) is 8.65. The molecule has 1 amide bonds. The summed E-state index contributed by atoms with van der Waals surface area (Å²) >= 11 is 1.22. The van der Waals surface area contributed by atoms with Crippen LogP contribution < -0.4 is 0 Å². The average Bonchev–Trinajstić information content (AvgIpc) is 2.60. The number of esters is 1. The Morgan fingerprint density at radius 2 is 1.96 bits per heavy atom. The Kier molecular flexibility index (Phi) is 6.56. The van der Waals surface area contributed by atoms with Crippen LogP contribution in [0.2, 0.25) is 0 Å². The van der Waals surface area contributed by atoms with Gasteiger partial charge in [0.1, 0.15) is 5.25 Å². The van der Waals surface area contributed by atoms with Crippen LogP contribution in [-0.2, 0) is 19.1 Å². The number of nitro groups is 1. The number of non-ortho nitro benzene ring substituents is 1. The molecule has 1 aliphatic heterocycles. The van der Waals surface area contributed by atoms with Crippen molar-refractivity contribution in [1.29, 1.82) is 0 Å². The second-order valence-corrected chi connectivity index (χ2v) is 6.53. The third kappa shape index (κ3) is 5.20. The predicted molar refractivity (Wildman–Crippen MR) is 86.8 cm³/mol. The molecule has 0 spiro atoms. The van der Waals surface area contributed by atoms with Gasteiger partial charge in [-0.25, -0.2) is 0 Å². The number of nitrogens with zero attached hydrogens (tertiary/aromatic N) is 2. The molecule has 0 bridgehead atoms. The lowest BCUT2D eigenvalue weighted by Crippen LogP contribution is -2.43. The number of hydrogen-bond donors (Lipinski definition) is 0. The van der Waals surface area contributed by atoms with Crippen LogP contribution in [0, 0.1) is 10.1 Å². The lowest BCUT2D eigenvalue weighted by atomic mass is 10.3. The number of amides is 1. The van der Waals surface area contributed by atoms with Crippen molar-refractivity contribution in [3.8, 4) is 0 Å². The van der Waals surface area contributed by atoms with Gasteiger partial charge in [-0.05, 0) is 19.1 Å². The third-order valence-corrected chi connectivity index (χ3v) is 4.48. The van der Waals surface area contributed by atoms with Gasteiger partial charge in [0.25, 0.3) is 11.6 Å². The second-order valence-electron chi connectivity index (χ2n) is 5.11.